The molecule has 3 aromatic rings. The Kier molecular flexibility index (Phi) is 2.45. The van der Waals surface area contributed by atoms with Gasteiger partial charge in [0.05, 0.1) is 10.8 Å². The molecule has 0 heterocycles. The Morgan fingerprint density at radius 2 is 1.47 bits per heavy atom. The van der Waals surface area contributed by atoms with E-state index in [1.807, 2.05) is 18.2 Å². The molecule has 17 heavy (non-hydrogen) atoms. The van der Waals surface area contributed by atoms with Gasteiger partial charge in [-0.2, -0.15) is 4.99 Å². The van der Waals surface area contributed by atoms with Crippen LogP contribution in [0.3, 0.4) is 0 Å². The molecule has 0 saturated heterocycles. The summed E-state index contributed by atoms with van der Waals surface area (Å²) in [5.74, 6) is 0. The van der Waals surface area contributed by atoms with E-state index in [4.69, 9.17) is 12.2 Å². The number of thiocarbonyl (C=S) groups is 1. The first kappa shape index (κ1) is 10.2. The minimum absolute atomic E-state index is 0.884. The Balaban J connectivity index is 2.59. The molecule has 0 unspecified atom stereocenters. The number of rotatable bonds is 1. The third-order valence-corrected chi connectivity index (χ3v) is 3.00. The summed E-state index contributed by atoms with van der Waals surface area (Å²) >= 11 is 4.70. The second-order valence-corrected chi connectivity index (χ2v) is 4.05. The summed E-state index contributed by atoms with van der Waals surface area (Å²) in [6, 6.07) is 18.6. The van der Waals surface area contributed by atoms with Gasteiger partial charge in [0.2, 0.25) is 0 Å². The largest absolute Gasteiger partial charge is 0.194 e. The number of hydrogen-bond acceptors (Lipinski definition) is 2. The average molecular weight is 235 g/mol. The fraction of sp³-hybridized carbons (Fsp3) is 0. The Morgan fingerprint density at radius 3 is 2.24 bits per heavy atom. The molecule has 0 aromatic heterocycles. The van der Waals surface area contributed by atoms with E-state index < -0.39 is 0 Å². The van der Waals surface area contributed by atoms with Gasteiger partial charge < -0.3 is 0 Å². The van der Waals surface area contributed by atoms with E-state index in [0.29, 0.717) is 0 Å². The molecule has 80 valence electrons. The summed E-state index contributed by atoms with van der Waals surface area (Å²) < 4.78 is 0. The Labute approximate surface area is 104 Å². The van der Waals surface area contributed by atoms with Crippen LogP contribution in [0.5, 0.6) is 0 Å². The first-order valence-corrected chi connectivity index (χ1v) is 5.79. The fourth-order valence-corrected chi connectivity index (χ4v) is 2.27. The summed E-state index contributed by atoms with van der Waals surface area (Å²) in [5.41, 5.74) is 0.884. The normalized spacial score (nSPS) is 10.4. The summed E-state index contributed by atoms with van der Waals surface area (Å²) in [6.45, 7) is 0. The highest BCUT2D eigenvalue weighted by atomic mass is 32.1. The summed E-state index contributed by atoms with van der Waals surface area (Å²) in [7, 11) is 0. The lowest BCUT2D eigenvalue weighted by Crippen LogP contribution is -1.78. The molecular weight excluding hydrogens is 226 g/mol. The van der Waals surface area contributed by atoms with Crippen LogP contribution < -0.4 is 0 Å². The second kappa shape index (κ2) is 4.10. The Hall–Kier alpha value is -2.02. The van der Waals surface area contributed by atoms with Crippen molar-refractivity contribution in [2.45, 2.75) is 0 Å². The number of aliphatic imine (C=N–C) groups is 1. The van der Waals surface area contributed by atoms with E-state index >= 15 is 0 Å². The molecule has 0 spiro atoms. The minimum atomic E-state index is 0.884. The molecule has 0 bridgehead atoms. The smallest absolute Gasteiger partial charge is 0.0824 e. The molecule has 0 amide bonds. The predicted molar refractivity (Wildman–Crippen MR) is 76.1 cm³/mol. The maximum Gasteiger partial charge on any atom is 0.0824 e. The van der Waals surface area contributed by atoms with Gasteiger partial charge in [0.1, 0.15) is 0 Å². The summed E-state index contributed by atoms with van der Waals surface area (Å²) in [5, 5.41) is 7.19. The standard InChI is InChI=1S/C15H9NS/c17-10-16-15-9-11-5-1-2-6-12(11)13-7-3-4-8-14(13)15/h1-9H. The van der Waals surface area contributed by atoms with Gasteiger partial charge in [-0.05, 0) is 34.4 Å². The van der Waals surface area contributed by atoms with Gasteiger partial charge in [-0.3, -0.25) is 0 Å². The van der Waals surface area contributed by atoms with Crippen molar-refractivity contribution in [3.63, 3.8) is 0 Å². The van der Waals surface area contributed by atoms with Crippen molar-refractivity contribution in [2.75, 3.05) is 0 Å². The van der Waals surface area contributed by atoms with Crippen molar-refractivity contribution in [1.29, 1.82) is 0 Å². The van der Waals surface area contributed by atoms with Gasteiger partial charge in [0.25, 0.3) is 0 Å². The zero-order valence-corrected chi connectivity index (χ0v) is 9.87. The molecule has 0 fully saturated rings. The molecule has 0 radical (unpaired) electrons. The topological polar surface area (TPSA) is 12.4 Å². The average Bonchev–Trinajstić information content (AvgIpc) is 2.39. The van der Waals surface area contributed by atoms with Crippen LogP contribution in [0.1, 0.15) is 0 Å². The lowest BCUT2D eigenvalue weighted by Gasteiger charge is -2.06. The van der Waals surface area contributed by atoms with Crippen molar-refractivity contribution >= 4 is 44.6 Å². The van der Waals surface area contributed by atoms with E-state index in [1.165, 1.54) is 16.2 Å². The van der Waals surface area contributed by atoms with Gasteiger partial charge in [0.15, 0.2) is 0 Å². The third kappa shape index (κ3) is 1.64. The first-order valence-electron chi connectivity index (χ1n) is 5.38. The molecule has 0 aliphatic carbocycles. The zero-order valence-electron chi connectivity index (χ0n) is 9.05. The van der Waals surface area contributed by atoms with E-state index in [-0.39, 0.29) is 0 Å². The molecule has 0 atom stereocenters. The molecule has 1 nitrogen and oxygen atoms in total. The monoisotopic (exact) mass is 235 g/mol. The number of nitrogens with zero attached hydrogens (tertiary/aromatic N) is 1. The van der Waals surface area contributed by atoms with Gasteiger partial charge in [-0.15, -0.1) is 0 Å². The predicted octanol–water partition coefficient (Wildman–Crippen LogP) is 4.73. The van der Waals surface area contributed by atoms with Gasteiger partial charge in [-0.25, -0.2) is 0 Å². The maximum atomic E-state index is 4.70. The molecule has 0 N–H and O–H groups in total. The van der Waals surface area contributed by atoms with E-state index in [2.05, 4.69) is 46.6 Å². The molecule has 0 aliphatic heterocycles. The van der Waals surface area contributed by atoms with E-state index in [9.17, 15) is 0 Å². The zero-order chi connectivity index (χ0) is 11.7. The van der Waals surface area contributed by atoms with E-state index in [0.717, 1.165) is 11.1 Å². The van der Waals surface area contributed by atoms with Crippen molar-refractivity contribution in [3.05, 3.63) is 54.6 Å². The van der Waals surface area contributed by atoms with Crippen LogP contribution in [0.2, 0.25) is 0 Å². The Morgan fingerprint density at radius 1 is 0.824 bits per heavy atom. The van der Waals surface area contributed by atoms with Crippen molar-refractivity contribution in [2.24, 2.45) is 4.99 Å². The third-order valence-electron chi connectivity index (χ3n) is 2.91. The van der Waals surface area contributed by atoms with Crippen molar-refractivity contribution in [1.82, 2.24) is 0 Å². The molecule has 3 aromatic carbocycles. The van der Waals surface area contributed by atoms with Crippen LogP contribution in [0, 0.1) is 0 Å². The van der Waals surface area contributed by atoms with Crippen LogP contribution in [-0.4, -0.2) is 5.16 Å². The van der Waals surface area contributed by atoms with Crippen LogP contribution >= 0.6 is 12.2 Å². The lowest BCUT2D eigenvalue weighted by molar-refractivity contribution is 1.62. The summed E-state index contributed by atoms with van der Waals surface area (Å²) in [6.07, 6.45) is 0. The number of hydrogen-bond donors (Lipinski definition) is 0. The molecule has 0 saturated carbocycles. The minimum Gasteiger partial charge on any atom is -0.194 e. The quantitative estimate of drug-likeness (QED) is 0.337. The molecular formula is C15H9NS. The second-order valence-electron chi connectivity index (χ2n) is 3.87. The van der Waals surface area contributed by atoms with Crippen LogP contribution in [0.15, 0.2) is 59.6 Å². The number of fused-ring (bicyclic) bond motifs is 3. The van der Waals surface area contributed by atoms with Gasteiger partial charge in [-0.1, -0.05) is 48.5 Å². The van der Waals surface area contributed by atoms with Crippen LogP contribution in [-0.2, 0) is 0 Å². The van der Waals surface area contributed by atoms with Crippen LogP contribution in [0.25, 0.3) is 21.5 Å². The lowest BCUT2D eigenvalue weighted by atomic mass is 10.0. The van der Waals surface area contributed by atoms with Crippen molar-refractivity contribution in [3.8, 4) is 0 Å². The van der Waals surface area contributed by atoms with E-state index in [1.54, 1.807) is 0 Å². The molecule has 2 heteroatoms. The molecule has 0 aliphatic rings. The van der Waals surface area contributed by atoms with Gasteiger partial charge >= 0.3 is 0 Å². The van der Waals surface area contributed by atoms with Crippen LogP contribution in [0.4, 0.5) is 5.69 Å². The summed E-state index contributed by atoms with van der Waals surface area (Å²) in [4.78, 5) is 4.15. The number of benzene rings is 3. The van der Waals surface area contributed by atoms with Gasteiger partial charge in [0, 0.05) is 5.39 Å². The molecule has 3 rings (SSSR count). The first-order chi connectivity index (χ1) is 8.40. The highest BCUT2D eigenvalue weighted by molar-refractivity contribution is 7.78. The highest BCUT2D eigenvalue weighted by Gasteiger charge is 2.04. The highest BCUT2D eigenvalue weighted by Crippen LogP contribution is 2.33. The Bertz CT molecular complexity index is 755. The fourth-order valence-electron chi connectivity index (χ4n) is 2.18. The number of isothiocyanates is 1. The van der Waals surface area contributed by atoms with Crippen molar-refractivity contribution < 1.29 is 0 Å². The SMILES string of the molecule is S=C=Nc1cc2ccccc2c2ccccc12. The maximum absolute atomic E-state index is 4.70.